The zero-order valence-corrected chi connectivity index (χ0v) is 16.3. The van der Waals surface area contributed by atoms with E-state index in [1.807, 2.05) is 41.5 Å². The van der Waals surface area contributed by atoms with E-state index in [1.54, 1.807) is 6.07 Å². The van der Waals surface area contributed by atoms with Gasteiger partial charge in [0.15, 0.2) is 5.65 Å². The molecule has 7 nitrogen and oxygen atoms in total. The maximum atomic E-state index is 12.9. The predicted octanol–water partition coefficient (Wildman–Crippen LogP) is 2.39. The van der Waals surface area contributed by atoms with Crippen molar-refractivity contribution in [2.75, 3.05) is 0 Å². The lowest BCUT2D eigenvalue weighted by molar-refractivity contribution is 0.0932. The molecule has 0 aliphatic heterocycles. The lowest BCUT2D eigenvalue weighted by atomic mass is 10.0. The molecule has 0 radical (unpaired) electrons. The van der Waals surface area contributed by atoms with Crippen molar-refractivity contribution in [2.24, 2.45) is 5.92 Å². The molecule has 2 heterocycles. The molecule has 0 aliphatic rings. The summed E-state index contributed by atoms with van der Waals surface area (Å²) < 4.78 is 1.44. The summed E-state index contributed by atoms with van der Waals surface area (Å²) in [6.45, 7) is 12.2. The number of aromatic amines is 1. The summed E-state index contributed by atoms with van der Waals surface area (Å²) in [5.41, 5.74) is 0.128. The van der Waals surface area contributed by atoms with Crippen LogP contribution >= 0.6 is 0 Å². The zero-order chi connectivity index (χ0) is 19.6. The van der Waals surface area contributed by atoms with Crippen molar-refractivity contribution in [1.29, 1.82) is 0 Å². The van der Waals surface area contributed by atoms with Crippen molar-refractivity contribution in [3.63, 3.8) is 0 Å². The van der Waals surface area contributed by atoms with Crippen molar-refractivity contribution < 1.29 is 4.79 Å². The monoisotopic (exact) mass is 360 g/mol. The number of carbonyl (C=O) groups excluding carboxylic acids is 1. The minimum atomic E-state index is -0.581. The molecule has 0 aromatic carbocycles. The van der Waals surface area contributed by atoms with Crippen LogP contribution < -0.4 is 16.6 Å². The molecule has 2 N–H and O–H groups in total. The van der Waals surface area contributed by atoms with Crippen LogP contribution in [0, 0.1) is 5.92 Å². The highest BCUT2D eigenvalue weighted by Gasteiger charge is 2.21. The molecule has 0 saturated heterocycles. The summed E-state index contributed by atoms with van der Waals surface area (Å²) in [5.74, 6) is -0.0150. The Balaban J connectivity index is 2.80. The van der Waals surface area contributed by atoms with Gasteiger partial charge >= 0.3 is 5.69 Å². The van der Waals surface area contributed by atoms with E-state index in [4.69, 9.17) is 0 Å². The molecule has 26 heavy (non-hydrogen) atoms. The highest BCUT2D eigenvalue weighted by atomic mass is 16.2. The standard InChI is InChI=1S/C19H28N4O3/c1-7-8-23-16-15(18(25)22-19(23)26)13(9-14(21-16)11(4)5)17(24)20-12(6)10(2)3/h9-12H,7-8H2,1-6H3,(H,20,24)(H,22,25,26). The number of hydrogen-bond acceptors (Lipinski definition) is 4. The van der Waals surface area contributed by atoms with E-state index in [2.05, 4.69) is 15.3 Å². The number of fused-ring (bicyclic) bond motifs is 1. The van der Waals surface area contributed by atoms with Crippen LogP contribution in [-0.4, -0.2) is 26.5 Å². The molecule has 0 bridgehead atoms. The van der Waals surface area contributed by atoms with E-state index >= 15 is 0 Å². The largest absolute Gasteiger partial charge is 0.349 e. The summed E-state index contributed by atoms with van der Waals surface area (Å²) in [6.07, 6.45) is 0.709. The summed E-state index contributed by atoms with van der Waals surface area (Å²) in [5, 5.41) is 3.10. The van der Waals surface area contributed by atoms with E-state index in [0.29, 0.717) is 18.7 Å². The van der Waals surface area contributed by atoms with Crippen LogP contribution in [0.1, 0.15) is 69.9 Å². The molecule has 142 valence electrons. The molecule has 2 aromatic heterocycles. The van der Waals surface area contributed by atoms with Crippen LogP contribution in [0.25, 0.3) is 11.0 Å². The Morgan fingerprint density at radius 3 is 2.42 bits per heavy atom. The van der Waals surface area contributed by atoms with E-state index in [9.17, 15) is 14.4 Å². The fraction of sp³-hybridized carbons (Fsp3) is 0.579. The number of pyridine rings is 1. The van der Waals surface area contributed by atoms with Gasteiger partial charge in [0.05, 0.1) is 10.9 Å². The highest BCUT2D eigenvalue weighted by molar-refractivity contribution is 6.05. The summed E-state index contributed by atoms with van der Waals surface area (Å²) in [6, 6.07) is 1.61. The Morgan fingerprint density at radius 1 is 1.23 bits per heavy atom. The van der Waals surface area contributed by atoms with Crippen LogP contribution in [0.15, 0.2) is 15.7 Å². The van der Waals surface area contributed by atoms with Gasteiger partial charge in [0.1, 0.15) is 0 Å². The summed E-state index contributed by atoms with van der Waals surface area (Å²) in [4.78, 5) is 44.5. The van der Waals surface area contributed by atoms with Gasteiger partial charge in [-0.3, -0.25) is 19.1 Å². The van der Waals surface area contributed by atoms with Crippen LogP contribution in [0.2, 0.25) is 0 Å². The molecule has 0 spiro atoms. The average molecular weight is 360 g/mol. The van der Waals surface area contributed by atoms with Crippen molar-refractivity contribution in [2.45, 2.75) is 66.5 Å². The first-order chi connectivity index (χ1) is 12.2. The normalized spacial score (nSPS) is 12.8. The smallest absolute Gasteiger partial charge is 0.329 e. The lowest BCUT2D eigenvalue weighted by Crippen LogP contribution is -2.38. The number of H-pyrrole nitrogens is 1. The van der Waals surface area contributed by atoms with Crippen LogP contribution in [0.3, 0.4) is 0 Å². The molecule has 1 unspecified atom stereocenters. The Bertz CT molecular complexity index is 925. The van der Waals surface area contributed by atoms with Gasteiger partial charge in [-0.25, -0.2) is 9.78 Å². The van der Waals surface area contributed by atoms with Crippen molar-refractivity contribution in [3.8, 4) is 0 Å². The fourth-order valence-electron chi connectivity index (χ4n) is 2.65. The van der Waals surface area contributed by atoms with Crippen LogP contribution in [0.4, 0.5) is 0 Å². The number of amides is 1. The number of hydrogen-bond donors (Lipinski definition) is 2. The molecule has 7 heteroatoms. The van der Waals surface area contributed by atoms with Crippen LogP contribution in [-0.2, 0) is 6.54 Å². The van der Waals surface area contributed by atoms with E-state index < -0.39 is 11.2 Å². The molecular weight excluding hydrogens is 332 g/mol. The Kier molecular flexibility index (Phi) is 6.00. The molecule has 0 fully saturated rings. The van der Waals surface area contributed by atoms with Gasteiger partial charge in [-0.2, -0.15) is 0 Å². The Morgan fingerprint density at radius 2 is 1.88 bits per heavy atom. The molecule has 2 rings (SSSR count). The quantitative estimate of drug-likeness (QED) is 0.826. The minimum Gasteiger partial charge on any atom is -0.349 e. The zero-order valence-electron chi connectivity index (χ0n) is 16.3. The third-order valence-corrected chi connectivity index (χ3v) is 4.61. The molecule has 0 saturated carbocycles. The summed E-state index contributed by atoms with van der Waals surface area (Å²) in [7, 11) is 0. The third-order valence-electron chi connectivity index (χ3n) is 4.61. The van der Waals surface area contributed by atoms with Gasteiger partial charge in [0.25, 0.3) is 11.5 Å². The second-order valence-electron chi connectivity index (χ2n) is 7.37. The Labute approximate surface area is 152 Å². The first-order valence-corrected chi connectivity index (χ1v) is 9.15. The highest BCUT2D eigenvalue weighted by Crippen LogP contribution is 2.20. The van der Waals surface area contributed by atoms with Gasteiger partial charge in [-0.1, -0.05) is 34.6 Å². The maximum Gasteiger partial charge on any atom is 0.329 e. The molecular formula is C19H28N4O3. The third kappa shape index (κ3) is 3.86. The SMILES string of the molecule is CCCn1c(=O)[nH]c(=O)c2c(C(=O)NC(C)C(C)C)cc(C(C)C)nc21. The van der Waals surface area contributed by atoms with Gasteiger partial charge in [-0.15, -0.1) is 0 Å². The number of rotatable bonds is 6. The average Bonchev–Trinajstić information content (AvgIpc) is 2.56. The number of nitrogens with zero attached hydrogens (tertiary/aromatic N) is 2. The number of aromatic nitrogens is 3. The molecule has 1 atom stereocenters. The fourth-order valence-corrected chi connectivity index (χ4v) is 2.65. The van der Waals surface area contributed by atoms with Crippen molar-refractivity contribution >= 4 is 16.9 Å². The second kappa shape index (κ2) is 7.85. The molecule has 0 aliphatic carbocycles. The topological polar surface area (TPSA) is 96.9 Å². The van der Waals surface area contributed by atoms with E-state index in [-0.39, 0.29) is 40.4 Å². The van der Waals surface area contributed by atoms with Gasteiger partial charge < -0.3 is 5.32 Å². The minimum absolute atomic E-state index is 0.0474. The summed E-state index contributed by atoms with van der Waals surface area (Å²) >= 11 is 0. The predicted molar refractivity (Wildman–Crippen MR) is 103 cm³/mol. The van der Waals surface area contributed by atoms with Crippen LogP contribution in [0.5, 0.6) is 0 Å². The van der Waals surface area contributed by atoms with Gasteiger partial charge in [0.2, 0.25) is 0 Å². The number of aryl methyl sites for hydroxylation is 1. The Hall–Kier alpha value is -2.44. The van der Waals surface area contributed by atoms with Gasteiger partial charge in [0, 0.05) is 18.3 Å². The number of nitrogens with one attached hydrogen (secondary N) is 2. The number of carbonyl (C=O) groups is 1. The molecule has 1 amide bonds. The van der Waals surface area contributed by atoms with E-state index in [1.165, 1.54) is 4.57 Å². The second-order valence-corrected chi connectivity index (χ2v) is 7.37. The van der Waals surface area contributed by atoms with Crippen molar-refractivity contribution in [1.82, 2.24) is 19.9 Å². The first kappa shape index (κ1) is 19.9. The van der Waals surface area contributed by atoms with Crippen molar-refractivity contribution in [3.05, 3.63) is 38.2 Å². The van der Waals surface area contributed by atoms with E-state index in [0.717, 1.165) is 0 Å². The van der Waals surface area contributed by atoms with Gasteiger partial charge in [-0.05, 0) is 31.2 Å². The maximum absolute atomic E-state index is 12.9. The molecule has 2 aromatic rings. The first-order valence-electron chi connectivity index (χ1n) is 9.15. The lowest BCUT2D eigenvalue weighted by Gasteiger charge is -2.19.